The molecule has 0 saturated carbocycles. The molecule has 3 rings (SSSR count). The predicted molar refractivity (Wildman–Crippen MR) is 82.3 cm³/mol. The van der Waals surface area contributed by atoms with Gasteiger partial charge < -0.3 is 18.5 Å². The van der Waals surface area contributed by atoms with Crippen LogP contribution in [0.3, 0.4) is 0 Å². The smallest absolute Gasteiger partial charge is 0.344 e. The van der Waals surface area contributed by atoms with Gasteiger partial charge in [0.15, 0.2) is 0 Å². The molecule has 0 N–H and O–H groups in total. The molecule has 8 heteroatoms. The first kappa shape index (κ1) is 15.8. The molecule has 2 heterocycles. The fourth-order valence-electron chi connectivity index (χ4n) is 2.22. The highest BCUT2D eigenvalue weighted by molar-refractivity contribution is 6.08. The Morgan fingerprint density at radius 1 is 1.09 bits per heavy atom. The maximum Gasteiger partial charge on any atom is 0.344 e. The third-order valence-corrected chi connectivity index (χ3v) is 3.38. The molecule has 1 aromatic heterocycles. The molecule has 0 spiro atoms. The van der Waals surface area contributed by atoms with E-state index in [1.807, 2.05) is 32.9 Å². The van der Waals surface area contributed by atoms with Crippen molar-refractivity contribution in [2.75, 3.05) is 13.2 Å². The van der Waals surface area contributed by atoms with Crippen LogP contribution in [0.1, 0.15) is 16.7 Å². The second-order valence-corrected chi connectivity index (χ2v) is 5.51. The van der Waals surface area contributed by atoms with Crippen LogP contribution in [0.5, 0.6) is 23.8 Å². The molecular formula is C15H16ClN3O4. The Labute approximate surface area is 138 Å². The van der Waals surface area contributed by atoms with Crippen molar-refractivity contribution in [1.29, 1.82) is 0 Å². The summed E-state index contributed by atoms with van der Waals surface area (Å²) >= 11 is 5.34. The van der Waals surface area contributed by atoms with Crippen LogP contribution in [-0.2, 0) is 4.74 Å². The van der Waals surface area contributed by atoms with Gasteiger partial charge in [0.05, 0.1) is 6.61 Å². The standard InChI is InChI=1S/C15H16ClN3O4/c1-8-4-9(2)12(10(3)5-8)22-14-17-13(18-15(19-14)23-16)21-7-11-6-20-11/h4-5,11H,6-7H2,1-3H3. The molecule has 1 saturated heterocycles. The molecule has 0 bridgehead atoms. The van der Waals surface area contributed by atoms with Gasteiger partial charge in [-0.2, -0.15) is 0 Å². The molecule has 1 atom stereocenters. The molecule has 0 radical (unpaired) electrons. The zero-order valence-corrected chi connectivity index (χ0v) is 13.8. The van der Waals surface area contributed by atoms with E-state index in [1.54, 1.807) is 0 Å². The van der Waals surface area contributed by atoms with Crippen molar-refractivity contribution in [1.82, 2.24) is 15.0 Å². The van der Waals surface area contributed by atoms with E-state index >= 15 is 0 Å². The maximum absolute atomic E-state index is 5.79. The van der Waals surface area contributed by atoms with Crippen LogP contribution in [0.2, 0.25) is 0 Å². The molecule has 122 valence electrons. The third-order valence-electron chi connectivity index (χ3n) is 3.24. The highest BCUT2D eigenvalue weighted by atomic mass is 35.5. The van der Waals surface area contributed by atoms with E-state index in [4.69, 9.17) is 26.1 Å². The molecule has 1 aliphatic rings. The van der Waals surface area contributed by atoms with Gasteiger partial charge in [0, 0.05) is 0 Å². The number of hydrogen-bond donors (Lipinski definition) is 0. The quantitative estimate of drug-likeness (QED) is 0.750. The van der Waals surface area contributed by atoms with Gasteiger partial charge in [-0.1, -0.05) is 17.7 Å². The Morgan fingerprint density at radius 2 is 1.70 bits per heavy atom. The molecule has 1 aromatic carbocycles. The predicted octanol–water partition coefficient (Wildman–Crippen LogP) is 2.90. The van der Waals surface area contributed by atoms with Gasteiger partial charge in [-0.25, -0.2) is 0 Å². The average Bonchev–Trinajstić information content (AvgIpc) is 3.33. The molecule has 2 aromatic rings. The van der Waals surface area contributed by atoms with Gasteiger partial charge >= 0.3 is 18.0 Å². The summed E-state index contributed by atoms with van der Waals surface area (Å²) in [6, 6.07) is 4.07. The molecule has 0 aliphatic carbocycles. The molecule has 7 nitrogen and oxygen atoms in total. The topological polar surface area (TPSA) is 78.9 Å². The van der Waals surface area contributed by atoms with Crippen LogP contribution in [0.25, 0.3) is 0 Å². The van der Waals surface area contributed by atoms with E-state index in [2.05, 4.69) is 19.2 Å². The SMILES string of the molecule is Cc1cc(C)c(Oc2nc(OCl)nc(OCC3CO3)n2)c(C)c1. The summed E-state index contributed by atoms with van der Waals surface area (Å²) in [5.74, 6) is 0.679. The number of benzene rings is 1. The van der Waals surface area contributed by atoms with Gasteiger partial charge in [-0.15, -0.1) is 15.0 Å². The molecule has 1 fully saturated rings. The number of aryl methyl sites for hydroxylation is 3. The first-order valence-corrected chi connectivity index (χ1v) is 7.41. The van der Waals surface area contributed by atoms with E-state index in [0.29, 0.717) is 19.0 Å². The first-order valence-electron chi connectivity index (χ1n) is 7.10. The Morgan fingerprint density at radius 3 is 2.30 bits per heavy atom. The zero-order chi connectivity index (χ0) is 16.4. The number of ether oxygens (including phenoxy) is 3. The van der Waals surface area contributed by atoms with Crippen LogP contribution in [0, 0.1) is 20.8 Å². The lowest BCUT2D eigenvalue weighted by Crippen LogP contribution is -2.08. The van der Waals surface area contributed by atoms with E-state index in [1.165, 1.54) is 0 Å². The summed E-state index contributed by atoms with van der Waals surface area (Å²) in [5.41, 5.74) is 3.11. The molecular weight excluding hydrogens is 322 g/mol. The van der Waals surface area contributed by atoms with Gasteiger partial charge in [0.25, 0.3) is 0 Å². The summed E-state index contributed by atoms with van der Waals surface area (Å²) in [6.07, 6.45) is 0.0816. The number of hydrogen-bond acceptors (Lipinski definition) is 7. The fraction of sp³-hybridized carbons (Fsp3) is 0.400. The lowest BCUT2D eigenvalue weighted by Gasteiger charge is -2.12. The highest BCUT2D eigenvalue weighted by Gasteiger charge is 2.24. The molecule has 1 aliphatic heterocycles. The van der Waals surface area contributed by atoms with Crippen LogP contribution in [0.15, 0.2) is 12.1 Å². The van der Waals surface area contributed by atoms with Crippen molar-refractivity contribution in [2.45, 2.75) is 26.9 Å². The number of aromatic nitrogens is 3. The van der Waals surface area contributed by atoms with Crippen LogP contribution in [-0.4, -0.2) is 34.3 Å². The van der Waals surface area contributed by atoms with E-state index < -0.39 is 0 Å². The largest absolute Gasteiger partial charge is 0.460 e. The highest BCUT2D eigenvalue weighted by Crippen LogP contribution is 2.29. The average molecular weight is 338 g/mol. The Bertz CT molecular complexity index is 699. The summed E-state index contributed by atoms with van der Waals surface area (Å²) < 4.78 is 20.8. The van der Waals surface area contributed by atoms with E-state index in [9.17, 15) is 0 Å². The van der Waals surface area contributed by atoms with E-state index in [-0.39, 0.29) is 24.1 Å². The minimum absolute atomic E-state index is 0.0532. The summed E-state index contributed by atoms with van der Waals surface area (Å²) in [4.78, 5) is 12.0. The number of rotatable bonds is 6. The third kappa shape index (κ3) is 4.00. The molecule has 0 amide bonds. The lowest BCUT2D eigenvalue weighted by molar-refractivity contribution is 0.240. The van der Waals surface area contributed by atoms with Crippen LogP contribution >= 0.6 is 11.9 Å². The Kier molecular flexibility index (Phi) is 4.49. The number of nitrogens with zero attached hydrogens (tertiary/aromatic N) is 3. The Balaban J connectivity index is 1.84. The minimum Gasteiger partial charge on any atom is -0.460 e. The molecule has 23 heavy (non-hydrogen) atoms. The second-order valence-electron chi connectivity index (χ2n) is 5.36. The molecule has 1 unspecified atom stereocenters. The fourth-order valence-corrected chi connectivity index (χ4v) is 2.28. The van der Waals surface area contributed by atoms with Crippen LogP contribution in [0.4, 0.5) is 0 Å². The summed E-state index contributed by atoms with van der Waals surface area (Å²) in [6.45, 7) is 6.97. The van der Waals surface area contributed by atoms with Crippen molar-refractivity contribution in [3.8, 4) is 23.8 Å². The van der Waals surface area contributed by atoms with Crippen molar-refractivity contribution >= 4 is 11.9 Å². The first-order chi connectivity index (χ1) is 11.0. The van der Waals surface area contributed by atoms with Crippen LogP contribution < -0.4 is 13.8 Å². The monoisotopic (exact) mass is 337 g/mol. The summed E-state index contributed by atoms with van der Waals surface area (Å²) in [5, 5.41) is 0. The number of halogens is 1. The second kappa shape index (κ2) is 6.55. The van der Waals surface area contributed by atoms with Crippen molar-refractivity contribution in [3.05, 3.63) is 28.8 Å². The van der Waals surface area contributed by atoms with E-state index in [0.717, 1.165) is 16.7 Å². The Hall–Kier alpha value is -2.12. The van der Waals surface area contributed by atoms with Gasteiger partial charge in [0.1, 0.15) is 30.3 Å². The number of epoxide rings is 1. The lowest BCUT2D eigenvalue weighted by atomic mass is 10.1. The minimum atomic E-state index is -0.0919. The maximum atomic E-state index is 5.79. The van der Waals surface area contributed by atoms with Crippen molar-refractivity contribution in [2.24, 2.45) is 0 Å². The van der Waals surface area contributed by atoms with Crippen molar-refractivity contribution in [3.63, 3.8) is 0 Å². The normalized spacial score (nSPS) is 16.1. The van der Waals surface area contributed by atoms with Crippen molar-refractivity contribution < 1.29 is 18.5 Å². The van der Waals surface area contributed by atoms with Gasteiger partial charge in [-0.3, -0.25) is 0 Å². The zero-order valence-electron chi connectivity index (χ0n) is 13.0. The van der Waals surface area contributed by atoms with Gasteiger partial charge in [0.2, 0.25) is 0 Å². The van der Waals surface area contributed by atoms with Gasteiger partial charge in [-0.05, 0) is 31.9 Å². The summed E-state index contributed by atoms with van der Waals surface area (Å²) in [7, 11) is 0.